The average molecular weight is 389 g/mol. The number of ether oxygens (including phenoxy) is 1. The van der Waals surface area contributed by atoms with Crippen molar-refractivity contribution in [3.63, 3.8) is 0 Å². The normalized spacial score (nSPS) is 10.3. The van der Waals surface area contributed by atoms with Gasteiger partial charge >= 0.3 is 0 Å². The van der Waals surface area contributed by atoms with Gasteiger partial charge in [-0.2, -0.15) is 0 Å². The second kappa shape index (κ2) is 9.50. The van der Waals surface area contributed by atoms with Crippen LogP contribution in [0, 0.1) is 6.92 Å². The molecule has 1 heterocycles. The number of hydrogen-bond donors (Lipinski definition) is 2. The fraction of sp³-hybridized carbons (Fsp3) is 0.174. The maximum atomic E-state index is 12.5. The van der Waals surface area contributed by atoms with Crippen molar-refractivity contribution in [2.24, 2.45) is 0 Å². The molecule has 3 aromatic rings. The molecule has 6 heteroatoms. The molecule has 6 nitrogen and oxygen atoms in total. The van der Waals surface area contributed by atoms with E-state index in [4.69, 9.17) is 4.74 Å². The Labute approximate surface area is 169 Å². The van der Waals surface area contributed by atoms with Gasteiger partial charge in [0, 0.05) is 12.2 Å². The molecule has 2 N–H and O–H groups in total. The van der Waals surface area contributed by atoms with Crippen molar-refractivity contribution in [2.45, 2.75) is 20.4 Å². The number of benzene rings is 2. The number of nitrogens with one attached hydrogen (secondary N) is 2. The van der Waals surface area contributed by atoms with E-state index in [1.54, 1.807) is 42.5 Å². The number of pyridine rings is 1. The van der Waals surface area contributed by atoms with Crippen LogP contribution in [0.3, 0.4) is 0 Å². The topological polar surface area (TPSA) is 80.3 Å². The predicted octanol–water partition coefficient (Wildman–Crippen LogP) is 3.97. The number of nitrogens with zero attached hydrogens (tertiary/aromatic N) is 1. The van der Waals surface area contributed by atoms with E-state index in [9.17, 15) is 9.59 Å². The largest absolute Gasteiger partial charge is 0.494 e. The second-order valence-corrected chi connectivity index (χ2v) is 6.49. The van der Waals surface area contributed by atoms with E-state index in [0.29, 0.717) is 18.8 Å². The Morgan fingerprint density at radius 1 is 0.897 bits per heavy atom. The van der Waals surface area contributed by atoms with Crippen molar-refractivity contribution < 1.29 is 14.3 Å². The minimum absolute atomic E-state index is 0.168. The summed E-state index contributed by atoms with van der Waals surface area (Å²) in [6, 6.07) is 19.8. The molecule has 0 aliphatic rings. The first kappa shape index (κ1) is 20.1. The summed E-state index contributed by atoms with van der Waals surface area (Å²) < 4.78 is 5.38. The van der Waals surface area contributed by atoms with Gasteiger partial charge in [-0.3, -0.25) is 9.59 Å². The predicted molar refractivity (Wildman–Crippen MR) is 112 cm³/mol. The van der Waals surface area contributed by atoms with Crippen molar-refractivity contribution in [3.8, 4) is 5.75 Å². The molecule has 3 rings (SSSR count). The Morgan fingerprint density at radius 2 is 1.55 bits per heavy atom. The van der Waals surface area contributed by atoms with Crippen LogP contribution >= 0.6 is 0 Å². The first-order chi connectivity index (χ1) is 14.0. The third-order valence-corrected chi connectivity index (χ3v) is 4.21. The standard InChI is InChI=1S/C23H23N3O3/c1-3-29-19-13-11-18(12-14-19)25-23(28)21-6-4-5-20(26-21)22(27)24-15-17-9-7-16(2)8-10-17/h4-14H,3,15H2,1-2H3,(H,24,27)(H,25,28). The van der Waals surface area contributed by atoms with Crippen molar-refractivity contribution >= 4 is 17.5 Å². The Bertz CT molecular complexity index is 983. The van der Waals surface area contributed by atoms with E-state index in [-0.39, 0.29) is 23.2 Å². The van der Waals surface area contributed by atoms with Crippen LogP contribution in [-0.2, 0) is 6.54 Å². The lowest BCUT2D eigenvalue weighted by atomic mass is 10.1. The zero-order valence-corrected chi connectivity index (χ0v) is 16.4. The third kappa shape index (κ3) is 5.65. The number of carbonyl (C=O) groups is 2. The van der Waals surface area contributed by atoms with Crippen LogP contribution in [0.5, 0.6) is 5.75 Å². The van der Waals surface area contributed by atoms with Crippen LogP contribution in [0.1, 0.15) is 39.0 Å². The molecular weight excluding hydrogens is 366 g/mol. The van der Waals surface area contributed by atoms with Gasteiger partial charge in [0.1, 0.15) is 17.1 Å². The highest BCUT2D eigenvalue weighted by Crippen LogP contribution is 2.16. The SMILES string of the molecule is CCOc1ccc(NC(=O)c2cccc(C(=O)NCc3ccc(C)cc3)n2)cc1. The molecule has 0 aliphatic heterocycles. The molecule has 0 saturated heterocycles. The zero-order chi connectivity index (χ0) is 20.6. The lowest BCUT2D eigenvalue weighted by molar-refractivity contribution is 0.0945. The first-order valence-electron chi connectivity index (χ1n) is 9.40. The molecule has 0 radical (unpaired) electrons. The first-order valence-corrected chi connectivity index (χ1v) is 9.40. The van der Waals surface area contributed by atoms with Crippen LogP contribution in [0.25, 0.3) is 0 Å². The number of rotatable bonds is 7. The highest BCUT2D eigenvalue weighted by atomic mass is 16.5. The minimum atomic E-state index is -0.387. The molecule has 0 spiro atoms. The summed E-state index contributed by atoms with van der Waals surface area (Å²) in [5, 5.41) is 5.59. The van der Waals surface area contributed by atoms with Gasteiger partial charge in [-0.05, 0) is 55.8 Å². The lowest BCUT2D eigenvalue weighted by Crippen LogP contribution is -2.25. The van der Waals surface area contributed by atoms with Gasteiger partial charge in [0.2, 0.25) is 0 Å². The molecular formula is C23H23N3O3. The quantitative estimate of drug-likeness (QED) is 0.641. The fourth-order valence-electron chi connectivity index (χ4n) is 2.66. The van der Waals surface area contributed by atoms with Crippen LogP contribution in [0.15, 0.2) is 66.7 Å². The van der Waals surface area contributed by atoms with E-state index in [2.05, 4.69) is 15.6 Å². The Morgan fingerprint density at radius 3 is 2.21 bits per heavy atom. The summed E-state index contributed by atoms with van der Waals surface area (Å²) in [7, 11) is 0. The number of amides is 2. The molecule has 0 fully saturated rings. The summed E-state index contributed by atoms with van der Waals surface area (Å²) in [6.45, 7) is 4.89. The summed E-state index contributed by atoms with van der Waals surface area (Å²) in [5.41, 5.74) is 3.13. The van der Waals surface area contributed by atoms with Crippen LogP contribution in [0.2, 0.25) is 0 Å². The van der Waals surface area contributed by atoms with E-state index < -0.39 is 0 Å². The molecule has 1 aromatic heterocycles. The van der Waals surface area contributed by atoms with Gasteiger partial charge in [0.25, 0.3) is 11.8 Å². The zero-order valence-electron chi connectivity index (χ0n) is 16.4. The van der Waals surface area contributed by atoms with Gasteiger partial charge < -0.3 is 15.4 Å². The minimum Gasteiger partial charge on any atom is -0.494 e. The van der Waals surface area contributed by atoms with E-state index >= 15 is 0 Å². The molecule has 2 amide bonds. The Hall–Kier alpha value is -3.67. The molecule has 2 aromatic carbocycles. The van der Waals surface area contributed by atoms with E-state index in [1.165, 1.54) is 0 Å². The van der Waals surface area contributed by atoms with Crippen LogP contribution in [0.4, 0.5) is 5.69 Å². The number of aromatic nitrogens is 1. The number of carbonyl (C=O) groups excluding carboxylic acids is 2. The van der Waals surface area contributed by atoms with Crippen molar-refractivity contribution in [1.82, 2.24) is 10.3 Å². The highest BCUT2D eigenvalue weighted by Gasteiger charge is 2.12. The summed E-state index contributed by atoms with van der Waals surface area (Å²) in [5.74, 6) is 0.0134. The monoisotopic (exact) mass is 389 g/mol. The molecule has 0 saturated carbocycles. The van der Waals surface area contributed by atoms with Crippen molar-refractivity contribution in [1.29, 1.82) is 0 Å². The van der Waals surface area contributed by atoms with Gasteiger partial charge in [0.15, 0.2) is 0 Å². The van der Waals surface area contributed by atoms with Crippen molar-refractivity contribution in [2.75, 3.05) is 11.9 Å². The molecule has 0 aliphatic carbocycles. The number of hydrogen-bond acceptors (Lipinski definition) is 4. The summed E-state index contributed by atoms with van der Waals surface area (Å²) in [6.07, 6.45) is 0. The van der Waals surface area contributed by atoms with E-state index in [0.717, 1.165) is 16.9 Å². The van der Waals surface area contributed by atoms with Crippen LogP contribution in [-0.4, -0.2) is 23.4 Å². The molecule has 0 bridgehead atoms. The average Bonchev–Trinajstić information content (AvgIpc) is 2.75. The second-order valence-electron chi connectivity index (χ2n) is 6.49. The van der Waals surface area contributed by atoms with Gasteiger partial charge in [-0.1, -0.05) is 35.9 Å². The molecule has 0 unspecified atom stereocenters. The number of aryl methyl sites for hydroxylation is 1. The summed E-state index contributed by atoms with van der Waals surface area (Å²) >= 11 is 0. The highest BCUT2D eigenvalue weighted by molar-refractivity contribution is 6.03. The molecule has 0 atom stereocenters. The third-order valence-electron chi connectivity index (χ3n) is 4.21. The lowest BCUT2D eigenvalue weighted by Gasteiger charge is -2.08. The maximum absolute atomic E-state index is 12.5. The van der Waals surface area contributed by atoms with Gasteiger partial charge in [-0.25, -0.2) is 4.98 Å². The van der Waals surface area contributed by atoms with Crippen molar-refractivity contribution in [3.05, 3.63) is 89.2 Å². The maximum Gasteiger partial charge on any atom is 0.274 e. The molecule has 29 heavy (non-hydrogen) atoms. The smallest absolute Gasteiger partial charge is 0.274 e. The van der Waals surface area contributed by atoms with E-state index in [1.807, 2.05) is 38.1 Å². The number of anilines is 1. The fourth-order valence-corrected chi connectivity index (χ4v) is 2.66. The summed E-state index contributed by atoms with van der Waals surface area (Å²) in [4.78, 5) is 29.1. The molecule has 148 valence electrons. The van der Waals surface area contributed by atoms with Gasteiger partial charge in [-0.15, -0.1) is 0 Å². The Balaban J connectivity index is 1.62. The van der Waals surface area contributed by atoms with Crippen LogP contribution < -0.4 is 15.4 Å². The Kier molecular flexibility index (Phi) is 6.58. The van der Waals surface area contributed by atoms with Gasteiger partial charge in [0.05, 0.1) is 6.61 Å².